The molecule has 0 atom stereocenters. The van der Waals surface area contributed by atoms with Gasteiger partial charge in [0.15, 0.2) is 15.7 Å². The van der Waals surface area contributed by atoms with E-state index in [0.29, 0.717) is 0 Å². The molecular formula is C6Cl2N6O6. The van der Waals surface area contributed by atoms with Crippen molar-refractivity contribution in [1.82, 2.24) is 0 Å². The van der Waals surface area contributed by atoms with Crippen LogP contribution in [-0.2, 0) is 0 Å². The normalized spacial score (nSPS) is 9.70. The highest BCUT2D eigenvalue weighted by atomic mass is 35.5. The molecule has 0 heterocycles. The minimum absolute atomic E-state index is 1.07. The second-order valence-electron chi connectivity index (χ2n) is 2.98. The average molecular weight is 323 g/mol. The zero-order valence-electron chi connectivity index (χ0n) is 8.89. The second-order valence-corrected chi connectivity index (χ2v) is 3.74. The molecule has 0 aromatic heterocycles. The molecule has 0 saturated carbocycles. The Morgan fingerprint density at radius 2 is 1.25 bits per heavy atom. The van der Waals surface area contributed by atoms with Crippen molar-refractivity contribution in [3.63, 3.8) is 0 Å². The summed E-state index contributed by atoms with van der Waals surface area (Å²) in [6, 6.07) is 0. The Balaban J connectivity index is 4.11. The topological polar surface area (TPSA) is 178 Å². The molecule has 104 valence electrons. The minimum atomic E-state index is -1.27. The van der Waals surface area contributed by atoms with E-state index in [2.05, 4.69) is 10.0 Å². The summed E-state index contributed by atoms with van der Waals surface area (Å²) in [5.41, 5.74) is 3.42. The van der Waals surface area contributed by atoms with E-state index in [1.807, 2.05) is 0 Å². The molecule has 12 nitrogen and oxygen atoms in total. The fourth-order valence-corrected chi connectivity index (χ4v) is 1.97. The molecule has 0 bridgehead atoms. The van der Waals surface area contributed by atoms with Crippen molar-refractivity contribution < 1.29 is 14.8 Å². The van der Waals surface area contributed by atoms with Crippen LogP contribution in [0.15, 0.2) is 5.11 Å². The Labute approximate surface area is 117 Å². The zero-order chi connectivity index (χ0) is 15.6. The molecule has 0 radical (unpaired) electrons. The SMILES string of the molecule is [N-]=[N+]=Nc1c([N+](=O)[O-])c(Cl)c([N+](=O)[O-])c(Cl)c1[N+](=O)[O-]. The summed E-state index contributed by atoms with van der Waals surface area (Å²) >= 11 is 10.9. The van der Waals surface area contributed by atoms with Crippen molar-refractivity contribution in [2.24, 2.45) is 5.11 Å². The van der Waals surface area contributed by atoms with Crippen molar-refractivity contribution >= 4 is 46.0 Å². The number of hydrogen-bond acceptors (Lipinski definition) is 7. The summed E-state index contributed by atoms with van der Waals surface area (Å²) in [5.74, 6) is 0. The van der Waals surface area contributed by atoms with Gasteiger partial charge < -0.3 is 0 Å². The van der Waals surface area contributed by atoms with Crippen molar-refractivity contribution in [3.05, 3.63) is 50.8 Å². The lowest BCUT2D eigenvalue weighted by Gasteiger charge is -2.04. The van der Waals surface area contributed by atoms with Crippen molar-refractivity contribution in [2.45, 2.75) is 0 Å². The van der Waals surface area contributed by atoms with Gasteiger partial charge in [-0.1, -0.05) is 23.2 Å². The molecule has 0 amide bonds. The van der Waals surface area contributed by atoms with Crippen LogP contribution in [0.5, 0.6) is 0 Å². The quantitative estimate of drug-likeness (QED) is 0.268. The van der Waals surface area contributed by atoms with E-state index < -0.39 is 47.6 Å². The Hall–Kier alpha value is -2.69. The summed E-state index contributed by atoms with van der Waals surface area (Å²) in [6.45, 7) is 0. The van der Waals surface area contributed by atoms with Crippen molar-refractivity contribution in [1.29, 1.82) is 0 Å². The molecule has 0 fully saturated rings. The van der Waals surface area contributed by atoms with Crippen LogP contribution >= 0.6 is 23.2 Å². The van der Waals surface area contributed by atoms with Crippen LogP contribution < -0.4 is 0 Å². The molecule has 1 aromatic rings. The Kier molecular flexibility index (Phi) is 4.24. The van der Waals surface area contributed by atoms with E-state index in [1.54, 1.807) is 0 Å². The van der Waals surface area contributed by atoms with Gasteiger partial charge in [-0.15, -0.1) is 0 Å². The third kappa shape index (κ3) is 2.38. The van der Waals surface area contributed by atoms with Gasteiger partial charge in [-0.05, 0) is 10.6 Å². The van der Waals surface area contributed by atoms with Gasteiger partial charge >= 0.3 is 17.1 Å². The van der Waals surface area contributed by atoms with Crippen LogP contribution in [-0.4, -0.2) is 14.8 Å². The lowest BCUT2D eigenvalue weighted by molar-refractivity contribution is -0.401. The molecule has 1 rings (SSSR count). The molecule has 14 heteroatoms. The maximum absolute atomic E-state index is 10.8. The van der Waals surface area contributed by atoms with Crippen molar-refractivity contribution in [2.75, 3.05) is 0 Å². The average Bonchev–Trinajstić information content (AvgIpc) is 2.26. The molecular weight excluding hydrogens is 323 g/mol. The first-order valence-electron chi connectivity index (χ1n) is 4.27. The summed E-state index contributed by atoms with van der Waals surface area (Å²) in [5, 5.41) is 33.0. The number of hydrogen-bond donors (Lipinski definition) is 0. The molecule has 0 N–H and O–H groups in total. The Morgan fingerprint density at radius 3 is 1.50 bits per heavy atom. The van der Waals surface area contributed by atoms with Gasteiger partial charge in [-0.2, -0.15) is 0 Å². The van der Waals surface area contributed by atoms with Crippen molar-refractivity contribution in [3.8, 4) is 0 Å². The maximum atomic E-state index is 10.8. The molecule has 0 aliphatic rings. The van der Waals surface area contributed by atoms with Gasteiger partial charge in [-0.3, -0.25) is 30.3 Å². The van der Waals surface area contributed by atoms with Gasteiger partial charge in [0.05, 0.1) is 14.8 Å². The van der Waals surface area contributed by atoms with E-state index in [-0.39, 0.29) is 0 Å². The molecule has 20 heavy (non-hydrogen) atoms. The smallest absolute Gasteiger partial charge is 0.258 e. The van der Waals surface area contributed by atoms with Crippen LogP contribution in [0.3, 0.4) is 0 Å². The third-order valence-corrected chi connectivity index (χ3v) is 2.69. The first kappa shape index (κ1) is 15.4. The highest BCUT2D eigenvalue weighted by Crippen LogP contribution is 2.52. The van der Waals surface area contributed by atoms with Crippen LogP contribution in [0.4, 0.5) is 22.7 Å². The van der Waals surface area contributed by atoms with E-state index in [9.17, 15) is 30.3 Å². The Bertz CT molecular complexity index is 657. The fraction of sp³-hybridized carbons (Fsp3) is 0. The zero-order valence-corrected chi connectivity index (χ0v) is 10.4. The van der Waals surface area contributed by atoms with E-state index in [0.717, 1.165) is 0 Å². The predicted molar refractivity (Wildman–Crippen MR) is 65.2 cm³/mol. The molecule has 0 spiro atoms. The molecule has 0 unspecified atom stereocenters. The number of nitro benzene ring substituents is 3. The third-order valence-electron chi connectivity index (χ3n) is 1.97. The van der Waals surface area contributed by atoms with Crippen LogP contribution in [0, 0.1) is 30.3 Å². The lowest BCUT2D eigenvalue weighted by atomic mass is 10.2. The number of halogens is 2. The summed E-state index contributed by atoms with van der Waals surface area (Å²) in [6.07, 6.45) is 0. The van der Waals surface area contributed by atoms with E-state index in [1.165, 1.54) is 0 Å². The molecule has 0 aliphatic carbocycles. The number of azide groups is 1. The van der Waals surface area contributed by atoms with Crippen LogP contribution in [0.25, 0.3) is 10.4 Å². The molecule has 1 aromatic carbocycles. The van der Waals surface area contributed by atoms with Crippen LogP contribution in [0.2, 0.25) is 10.0 Å². The lowest BCUT2D eigenvalue weighted by Crippen LogP contribution is -2.01. The fourth-order valence-electron chi connectivity index (χ4n) is 1.27. The second kappa shape index (κ2) is 5.52. The number of nitro groups is 3. The monoisotopic (exact) mass is 322 g/mol. The largest absolute Gasteiger partial charge is 0.320 e. The summed E-state index contributed by atoms with van der Waals surface area (Å²) < 4.78 is 0. The van der Waals surface area contributed by atoms with E-state index >= 15 is 0 Å². The van der Waals surface area contributed by atoms with Gasteiger partial charge in [0.25, 0.3) is 0 Å². The molecule has 0 saturated heterocycles. The standard InChI is InChI=1S/C6Cl2N6O6/c7-1-4(12(15)16)2(8)6(14(19)20)3(10-11-9)5(1)13(17)18. The number of benzene rings is 1. The summed E-state index contributed by atoms with van der Waals surface area (Å²) in [4.78, 5) is 30.9. The first-order chi connectivity index (χ1) is 9.23. The van der Waals surface area contributed by atoms with Gasteiger partial charge in [0, 0.05) is 4.91 Å². The molecule has 0 aliphatic heterocycles. The van der Waals surface area contributed by atoms with Gasteiger partial charge in [0.2, 0.25) is 0 Å². The van der Waals surface area contributed by atoms with Gasteiger partial charge in [0.1, 0.15) is 0 Å². The predicted octanol–water partition coefficient (Wildman–Crippen LogP) is 3.66. The Morgan fingerprint density at radius 1 is 0.900 bits per heavy atom. The summed E-state index contributed by atoms with van der Waals surface area (Å²) in [7, 11) is 0. The number of rotatable bonds is 4. The highest BCUT2D eigenvalue weighted by molar-refractivity contribution is 6.42. The highest BCUT2D eigenvalue weighted by Gasteiger charge is 2.40. The first-order valence-corrected chi connectivity index (χ1v) is 5.02. The minimum Gasteiger partial charge on any atom is -0.258 e. The van der Waals surface area contributed by atoms with Gasteiger partial charge in [-0.25, -0.2) is 0 Å². The van der Waals surface area contributed by atoms with E-state index in [4.69, 9.17) is 28.7 Å². The number of nitrogens with zero attached hydrogens (tertiary/aromatic N) is 6. The van der Waals surface area contributed by atoms with Crippen LogP contribution in [0.1, 0.15) is 0 Å². The maximum Gasteiger partial charge on any atom is 0.320 e.